The van der Waals surface area contributed by atoms with Crippen LogP contribution in [0.25, 0.3) is 11.1 Å². The minimum absolute atomic E-state index is 0.545. The summed E-state index contributed by atoms with van der Waals surface area (Å²) in [4.78, 5) is 4.07. The molecule has 0 saturated heterocycles. The van der Waals surface area contributed by atoms with Crippen molar-refractivity contribution in [2.75, 3.05) is 0 Å². The molecule has 0 unspecified atom stereocenters. The summed E-state index contributed by atoms with van der Waals surface area (Å²) in [5.41, 5.74) is 2.65. The Bertz CT molecular complexity index is 495. The molecular formula is C12H8Cl2N. The van der Waals surface area contributed by atoms with E-state index in [1.54, 1.807) is 18.5 Å². The lowest BCUT2D eigenvalue weighted by Gasteiger charge is -2.05. The first-order chi connectivity index (χ1) is 7.18. The monoisotopic (exact) mass is 236 g/mol. The van der Waals surface area contributed by atoms with Gasteiger partial charge in [0.25, 0.3) is 0 Å². The molecule has 3 heteroatoms. The number of nitrogens with zero attached hydrogens (tertiary/aromatic N) is 1. The summed E-state index contributed by atoms with van der Waals surface area (Å²) in [6.07, 6.45) is 3.44. The van der Waals surface area contributed by atoms with Crippen LogP contribution in [0.3, 0.4) is 0 Å². The second kappa shape index (κ2) is 4.21. The largest absolute Gasteiger partial charge is 0.264 e. The first-order valence-corrected chi connectivity index (χ1v) is 5.15. The standard InChI is InChI=1S/C12H8Cl2N/c1-8-5-9(7-15-6-8)10-3-2-4-11(13)12(10)14/h2-7H,1H2. The molecule has 2 aromatic rings. The van der Waals surface area contributed by atoms with Crippen LogP contribution in [0.4, 0.5) is 0 Å². The quantitative estimate of drug-likeness (QED) is 0.722. The highest BCUT2D eigenvalue weighted by Gasteiger charge is 2.06. The molecule has 0 N–H and O–H groups in total. The van der Waals surface area contributed by atoms with Crippen molar-refractivity contribution < 1.29 is 0 Å². The van der Waals surface area contributed by atoms with Gasteiger partial charge in [-0.3, -0.25) is 4.98 Å². The van der Waals surface area contributed by atoms with E-state index in [1.165, 1.54) is 0 Å². The number of aromatic nitrogens is 1. The Morgan fingerprint density at radius 1 is 1.13 bits per heavy atom. The summed E-state index contributed by atoms with van der Waals surface area (Å²) >= 11 is 12.0. The topological polar surface area (TPSA) is 12.9 Å². The molecule has 0 bridgehead atoms. The maximum Gasteiger partial charge on any atom is 0.0671 e. The zero-order valence-corrected chi connectivity index (χ0v) is 9.39. The summed E-state index contributed by atoms with van der Waals surface area (Å²) in [6.45, 7) is 3.82. The Kier molecular flexibility index (Phi) is 2.94. The number of benzene rings is 1. The van der Waals surface area contributed by atoms with E-state index in [2.05, 4.69) is 11.9 Å². The molecule has 0 saturated carbocycles. The maximum atomic E-state index is 6.10. The zero-order chi connectivity index (χ0) is 10.8. The van der Waals surface area contributed by atoms with E-state index in [4.69, 9.17) is 23.2 Å². The van der Waals surface area contributed by atoms with E-state index in [0.29, 0.717) is 10.0 Å². The molecule has 0 fully saturated rings. The van der Waals surface area contributed by atoms with Gasteiger partial charge in [0.1, 0.15) is 0 Å². The lowest BCUT2D eigenvalue weighted by molar-refractivity contribution is 1.30. The van der Waals surface area contributed by atoms with Crippen LogP contribution in [-0.4, -0.2) is 4.98 Å². The molecule has 1 heterocycles. The summed E-state index contributed by atoms with van der Waals surface area (Å²) in [5.74, 6) is 0. The Morgan fingerprint density at radius 3 is 2.67 bits per heavy atom. The van der Waals surface area contributed by atoms with Crippen molar-refractivity contribution in [1.29, 1.82) is 0 Å². The number of halogens is 2. The normalized spacial score (nSPS) is 10.3. The number of hydrogen-bond acceptors (Lipinski definition) is 1. The van der Waals surface area contributed by atoms with Crippen molar-refractivity contribution in [1.82, 2.24) is 4.98 Å². The fraction of sp³-hybridized carbons (Fsp3) is 0. The van der Waals surface area contributed by atoms with Crippen molar-refractivity contribution in [3.05, 3.63) is 59.2 Å². The number of rotatable bonds is 1. The van der Waals surface area contributed by atoms with E-state index in [1.807, 2.05) is 18.2 Å². The van der Waals surface area contributed by atoms with Crippen LogP contribution < -0.4 is 0 Å². The van der Waals surface area contributed by atoms with Gasteiger partial charge in [-0.15, -0.1) is 0 Å². The van der Waals surface area contributed by atoms with E-state index in [9.17, 15) is 0 Å². The molecule has 0 aliphatic heterocycles. The van der Waals surface area contributed by atoms with Crippen LogP contribution in [0, 0.1) is 6.92 Å². The molecule has 75 valence electrons. The second-order valence-electron chi connectivity index (χ2n) is 3.18. The van der Waals surface area contributed by atoms with Crippen molar-refractivity contribution in [2.45, 2.75) is 0 Å². The summed E-state index contributed by atoms with van der Waals surface area (Å²) < 4.78 is 0. The van der Waals surface area contributed by atoms with Crippen molar-refractivity contribution in [3.63, 3.8) is 0 Å². The van der Waals surface area contributed by atoms with Gasteiger partial charge in [-0.25, -0.2) is 0 Å². The Morgan fingerprint density at radius 2 is 1.93 bits per heavy atom. The fourth-order valence-corrected chi connectivity index (χ4v) is 1.77. The summed E-state index contributed by atoms with van der Waals surface area (Å²) in [7, 11) is 0. The highest BCUT2D eigenvalue weighted by molar-refractivity contribution is 6.43. The molecule has 0 spiro atoms. The first-order valence-electron chi connectivity index (χ1n) is 4.40. The van der Waals surface area contributed by atoms with E-state index in [-0.39, 0.29) is 0 Å². The second-order valence-corrected chi connectivity index (χ2v) is 3.97. The molecular weight excluding hydrogens is 229 g/mol. The van der Waals surface area contributed by atoms with Crippen LogP contribution >= 0.6 is 23.2 Å². The summed E-state index contributed by atoms with van der Waals surface area (Å²) in [5, 5.41) is 1.09. The third-order valence-electron chi connectivity index (χ3n) is 2.06. The fourth-order valence-electron chi connectivity index (χ4n) is 1.36. The van der Waals surface area contributed by atoms with Crippen LogP contribution in [0.5, 0.6) is 0 Å². The highest BCUT2D eigenvalue weighted by atomic mass is 35.5. The molecule has 1 aromatic carbocycles. The van der Waals surface area contributed by atoms with E-state index in [0.717, 1.165) is 16.7 Å². The molecule has 1 nitrogen and oxygen atoms in total. The van der Waals surface area contributed by atoms with Crippen molar-refractivity contribution in [3.8, 4) is 11.1 Å². The van der Waals surface area contributed by atoms with Crippen LogP contribution in [0.15, 0.2) is 36.7 Å². The minimum atomic E-state index is 0.545. The van der Waals surface area contributed by atoms with E-state index >= 15 is 0 Å². The minimum Gasteiger partial charge on any atom is -0.264 e. The molecule has 0 atom stereocenters. The number of pyridine rings is 1. The van der Waals surface area contributed by atoms with Crippen LogP contribution in [-0.2, 0) is 0 Å². The van der Waals surface area contributed by atoms with Gasteiger partial charge in [0.2, 0.25) is 0 Å². The van der Waals surface area contributed by atoms with Gasteiger partial charge in [-0.1, -0.05) is 35.3 Å². The third kappa shape index (κ3) is 2.14. The molecule has 0 amide bonds. The van der Waals surface area contributed by atoms with Gasteiger partial charge in [-0.05, 0) is 24.6 Å². The molecule has 0 aliphatic rings. The highest BCUT2D eigenvalue weighted by Crippen LogP contribution is 2.33. The Hall–Kier alpha value is -1.05. The van der Waals surface area contributed by atoms with Gasteiger partial charge in [0, 0.05) is 23.5 Å². The van der Waals surface area contributed by atoms with Crippen molar-refractivity contribution >= 4 is 23.2 Å². The molecule has 1 radical (unpaired) electrons. The third-order valence-corrected chi connectivity index (χ3v) is 2.88. The van der Waals surface area contributed by atoms with Gasteiger partial charge < -0.3 is 0 Å². The zero-order valence-electron chi connectivity index (χ0n) is 7.87. The molecule has 15 heavy (non-hydrogen) atoms. The number of hydrogen-bond donors (Lipinski definition) is 0. The van der Waals surface area contributed by atoms with Gasteiger partial charge in [0.15, 0.2) is 0 Å². The van der Waals surface area contributed by atoms with Crippen LogP contribution in [0.1, 0.15) is 5.56 Å². The molecule has 2 rings (SSSR count). The lowest BCUT2D eigenvalue weighted by Crippen LogP contribution is -1.83. The Balaban J connectivity index is 2.59. The van der Waals surface area contributed by atoms with Crippen LogP contribution in [0.2, 0.25) is 10.0 Å². The smallest absolute Gasteiger partial charge is 0.0671 e. The molecule has 1 aromatic heterocycles. The summed E-state index contributed by atoms with van der Waals surface area (Å²) in [6, 6.07) is 7.45. The molecule has 0 aliphatic carbocycles. The van der Waals surface area contributed by atoms with Gasteiger partial charge >= 0.3 is 0 Å². The van der Waals surface area contributed by atoms with Gasteiger partial charge in [-0.2, -0.15) is 0 Å². The Labute approximate surface area is 98.7 Å². The van der Waals surface area contributed by atoms with Gasteiger partial charge in [0.05, 0.1) is 10.0 Å². The van der Waals surface area contributed by atoms with E-state index < -0.39 is 0 Å². The predicted octanol–water partition coefficient (Wildman–Crippen LogP) is 4.24. The first kappa shape index (κ1) is 10.5. The average Bonchev–Trinajstić information content (AvgIpc) is 2.22. The maximum absolute atomic E-state index is 6.10. The SMILES string of the molecule is [CH2]c1cncc(-c2cccc(Cl)c2Cl)c1. The van der Waals surface area contributed by atoms with Crippen molar-refractivity contribution in [2.24, 2.45) is 0 Å². The lowest BCUT2D eigenvalue weighted by atomic mass is 10.1. The average molecular weight is 237 g/mol. The predicted molar refractivity (Wildman–Crippen MR) is 64.2 cm³/mol.